The molecule has 0 amide bonds. The van der Waals surface area contributed by atoms with Gasteiger partial charge in [0.15, 0.2) is 0 Å². The van der Waals surface area contributed by atoms with Crippen molar-refractivity contribution in [2.75, 3.05) is 5.32 Å². The fourth-order valence-electron chi connectivity index (χ4n) is 3.09. The molecule has 1 aliphatic rings. The van der Waals surface area contributed by atoms with E-state index in [1.54, 1.807) is 12.1 Å². The second-order valence-corrected chi connectivity index (χ2v) is 6.21. The second-order valence-electron chi connectivity index (χ2n) is 6.21. The van der Waals surface area contributed by atoms with Crippen LogP contribution in [-0.4, -0.2) is 0 Å². The van der Waals surface area contributed by atoms with Crippen molar-refractivity contribution in [3.8, 4) is 11.8 Å². The topological polar surface area (TPSA) is 12.0 Å². The third-order valence-electron chi connectivity index (χ3n) is 4.45. The molecule has 1 N–H and O–H groups in total. The number of rotatable bonds is 3. The maximum atomic E-state index is 13.1. The molecule has 24 heavy (non-hydrogen) atoms. The first-order valence-electron chi connectivity index (χ1n) is 8.56. The summed E-state index contributed by atoms with van der Waals surface area (Å²) in [5.74, 6) is 7.08. The largest absolute Gasteiger partial charge is 0.354 e. The number of benzene rings is 2. The fourth-order valence-corrected chi connectivity index (χ4v) is 3.09. The van der Waals surface area contributed by atoms with Crippen LogP contribution in [0, 0.1) is 23.6 Å². The Morgan fingerprint density at radius 2 is 1.79 bits per heavy atom. The Labute approximate surface area is 143 Å². The molecule has 1 saturated carbocycles. The van der Waals surface area contributed by atoms with Gasteiger partial charge in [-0.05, 0) is 48.7 Å². The van der Waals surface area contributed by atoms with Crippen LogP contribution >= 0.6 is 0 Å². The van der Waals surface area contributed by atoms with Gasteiger partial charge >= 0.3 is 0 Å². The minimum Gasteiger partial charge on any atom is -0.354 e. The molecule has 0 aliphatic heterocycles. The Kier molecular flexibility index (Phi) is 5.33. The molecular weight excluding hydrogens is 297 g/mol. The van der Waals surface area contributed by atoms with Crippen LogP contribution in [0.5, 0.6) is 0 Å². The lowest BCUT2D eigenvalue weighted by Gasteiger charge is -2.16. The van der Waals surface area contributed by atoms with Crippen molar-refractivity contribution in [2.24, 2.45) is 5.92 Å². The molecule has 3 rings (SSSR count). The first kappa shape index (κ1) is 16.3. The number of nitrogens with one attached hydrogen (secondary N) is 1. The first-order chi connectivity index (χ1) is 11.8. The van der Waals surface area contributed by atoms with Gasteiger partial charge in [-0.3, -0.25) is 0 Å². The zero-order valence-electron chi connectivity index (χ0n) is 13.8. The van der Waals surface area contributed by atoms with Gasteiger partial charge in [-0.25, -0.2) is 4.39 Å². The first-order valence-corrected chi connectivity index (χ1v) is 8.56. The van der Waals surface area contributed by atoms with Crippen LogP contribution in [0.15, 0.2) is 49.0 Å². The third kappa shape index (κ3) is 4.06. The van der Waals surface area contributed by atoms with E-state index in [0.29, 0.717) is 5.92 Å². The summed E-state index contributed by atoms with van der Waals surface area (Å²) in [6.45, 7) is 3.90. The van der Waals surface area contributed by atoms with Crippen molar-refractivity contribution in [3.63, 3.8) is 0 Å². The molecule has 0 radical (unpaired) electrons. The highest BCUT2D eigenvalue weighted by molar-refractivity contribution is 5.74. The molecule has 1 aliphatic carbocycles. The van der Waals surface area contributed by atoms with Crippen molar-refractivity contribution in [1.82, 2.24) is 0 Å². The lowest BCUT2D eigenvalue weighted by Crippen LogP contribution is -2.03. The molecular formula is C22H22FN. The van der Waals surface area contributed by atoms with E-state index >= 15 is 0 Å². The smallest absolute Gasteiger partial charge is 0.123 e. The maximum absolute atomic E-state index is 13.1. The molecule has 0 saturated heterocycles. The van der Waals surface area contributed by atoms with Gasteiger partial charge in [-0.15, -0.1) is 0 Å². The highest BCUT2D eigenvalue weighted by Gasteiger charge is 2.11. The monoisotopic (exact) mass is 319 g/mol. The van der Waals surface area contributed by atoms with Gasteiger partial charge in [-0.1, -0.05) is 55.9 Å². The van der Waals surface area contributed by atoms with E-state index in [1.807, 2.05) is 24.3 Å². The second kappa shape index (κ2) is 7.84. The summed E-state index contributed by atoms with van der Waals surface area (Å²) in [6, 6.07) is 12.4. The van der Waals surface area contributed by atoms with Crippen LogP contribution in [0.1, 0.15) is 43.2 Å². The molecule has 2 aromatic rings. The van der Waals surface area contributed by atoms with Gasteiger partial charge < -0.3 is 5.32 Å². The van der Waals surface area contributed by atoms with Crippen molar-refractivity contribution < 1.29 is 4.39 Å². The highest BCUT2D eigenvalue weighted by atomic mass is 19.1. The quantitative estimate of drug-likeness (QED) is 0.670. The summed E-state index contributed by atoms with van der Waals surface area (Å²) in [6.07, 6.45) is 8.12. The van der Waals surface area contributed by atoms with Crippen LogP contribution in [0.3, 0.4) is 0 Å². The molecule has 0 spiro atoms. The molecule has 1 nitrogen and oxygen atoms in total. The van der Waals surface area contributed by atoms with E-state index in [1.165, 1.54) is 44.2 Å². The fraction of sp³-hybridized carbons (Fsp3) is 0.273. The average molecular weight is 319 g/mol. The van der Waals surface area contributed by atoms with Crippen molar-refractivity contribution in [1.29, 1.82) is 0 Å². The predicted molar refractivity (Wildman–Crippen MR) is 99.7 cm³/mol. The summed E-state index contributed by atoms with van der Waals surface area (Å²) in [7, 11) is 0. The maximum Gasteiger partial charge on any atom is 0.123 e. The van der Waals surface area contributed by atoms with Gasteiger partial charge in [0.05, 0.1) is 11.3 Å². The SMILES string of the molecule is C=Cc1cccc(Nc2ccc(F)cc2)c1C#CC1CCCCC1. The normalized spacial score (nSPS) is 14.5. The van der Waals surface area contributed by atoms with E-state index in [4.69, 9.17) is 0 Å². The Hall–Kier alpha value is -2.53. The van der Waals surface area contributed by atoms with Gasteiger partial charge in [0.25, 0.3) is 0 Å². The number of halogens is 1. The molecule has 122 valence electrons. The van der Waals surface area contributed by atoms with Crippen LogP contribution in [0.2, 0.25) is 0 Å². The molecule has 0 bridgehead atoms. The summed E-state index contributed by atoms with van der Waals surface area (Å²) in [5.41, 5.74) is 3.76. The Morgan fingerprint density at radius 3 is 2.50 bits per heavy atom. The van der Waals surface area contributed by atoms with Gasteiger partial charge in [0.2, 0.25) is 0 Å². The zero-order valence-corrected chi connectivity index (χ0v) is 13.8. The molecule has 0 atom stereocenters. The lowest BCUT2D eigenvalue weighted by molar-refractivity contribution is 0.430. The molecule has 1 fully saturated rings. The van der Waals surface area contributed by atoms with E-state index in [-0.39, 0.29) is 5.82 Å². The Balaban J connectivity index is 1.89. The molecule has 0 heterocycles. The minimum atomic E-state index is -0.238. The number of anilines is 2. The van der Waals surface area contributed by atoms with Crippen molar-refractivity contribution in [3.05, 3.63) is 66.0 Å². The summed E-state index contributed by atoms with van der Waals surface area (Å²) >= 11 is 0. The molecule has 2 aromatic carbocycles. The lowest BCUT2D eigenvalue weighted by atomic mass is 9.89. The number of hydrogen-bond acceptors (Lipinski definition) is 1. The van der Waals surface area contributed by atoms with E-state index in [0.717, 1.165) is 22.5 Å². The van der Waals surface area contributed by atoms with Crippen molar-refractivity contribution in [2.45, 2.75) is 32.1 Å². The standard InChI is InChI=1S/C22H22FN/c1-2-18-9-6-10-22(24-20-14-12-19(23)13-15-20)21(18)16-11-17-7-4-3-5-8-17/h2,6,9-10,12-15,17,24H,1,3-5,7-8H2. The summed E-state index contributed by atoms with van der Waals surface area (Å²) in [4.78, 5) is 0. The van der Waals surface area contributed by atoms with Crippen LogP contribution in [0.25, 0.3) is 6.08 Å². The van der Waals surface area contributed by atoms with Gasteiger partial charge in [-0.2, -0.15) is 0 Å². The average Bonchev–Trinajstić information content (AvgIpc) is 2.63. The van der Waals surface area contributed by atoms with Crippen LogP contribution in [0.4, 0.5) is 15.8 Å². The molecule has 0 aromatic heterocycles. The summed E-state index contributed by atoms with van der Waals surface area (Å²) in [5, 5.41) is 3.35. The predicted octanol–water partition coefficient (Wildman–Crippen LogP) is 6.14. The minimum absolute atomic E-state index is 0.238. The van der Waals surface area contributed by atoms with Gasteiger partial charge in [0, 0.05) is 11.6 Å². The van der Waals surface area contributed by atoms with Crippen molar-refractivity contribution >= 4 is 17.5 Å². The summed E-state index contributed by atoms with van der Waals surface area (Å²) < 4.78 is 13.1. The zero-order chi connectivity index (χ0) is 16.8. The van der Waals surface area contributed by atoms with E-state index in [2.05, 4.69) is 23.7 Å². The van der Waals surface area contributed by atoms with Gasteiger partial charge in [0.1, 0.15) is 5.82 Å². The Morgan fingerprint density at radius 1 is 1.04 bits per heavy atom. The highest BCUT2D eigenvalue weighted by Crippen LogP contribution is 2.26. The van der Waals surface area contributed by atoms with E-state index < -0.39 is 0 Å². The van der Waals surface area contributed by atoms with Crippen LogP contribution < -0.4 is 5.32 Å². The van der Waals surface area contributed by atoms with E-state index in [9.17, 15) is 4.39 Å². The third-order valence-corrected chi connectivity index (χ3v) is 4.45. The number of hydrogen-bond donors (Lipinski definition) is 1. The molecule has 0 unspecified atom stereocenters. The molecule has 2 heteroatoms. The van der Waals surface area contributed by atoms with Crippen LogP contribution in [-0.2, 0) is 0 Å². The Bertz CT molecular complexity index is 759.